The van der Waals surface area contributed by atoms with Crippen LogP contribution in [-0.2, 0) is 29.4 Å². The molecular formula is C39H34NOP. The maximum Gasteiger partial charge on any atom is 0.216 e. The van der Waals surface area contributed by atoms with Crippen molar-refractivity contribution in [1.82, 2.24) is 0 Å². The second kappa shape index (κ2) is 10.7. The van der Waals surface area contributed by atoms with Crippen molar-refractivity contribution in [3.63, 3.8) is 0 Å². The van der Waals surface area contributed by atoms with E-state index >= 15 is 0 Å². The van der Waals surface area contributed by atoms with Crippen molar-refractivity contribution in [2.45, 2.75) is 43.6 Å². The smallest absolute Gasteiger partial charge is 0.216 e. The number of aryl methyl sites for hydroxylation is 2. The first-order chi connectivity index (χ1) is 20.8. The number of fused-ring (bicyclic) bond motifs is 4. The average molecular weight is 564 g/mol. The Labute approximate surface area is 249 Å². The van der Waals surface area contributed by atoms with Gasteiger partial charge in [0.15, 0.2) is 0 Å². The van der Waals surface area contributed by atoms with Gasteiger partial charge >= 0.3 is 0 Å². The topological polar surface area (TPSA) is 21.6 Å². The lowest BCUT2D eigenvalue weighted by Gasteiger charge is -2.33. The highest BCUT2D eigenvalue weighted by molar-refractivity contribution is 7.79. The zero-order chi connectivity index (χ0) is 27.9. The number of hydrogen-bond donors (Lipinski definition) is 0. The number of rotatable bonds is 6. The van der Waals surface area contributed by atoms with E-state index in [1.165, 1.54) is 43.7 Å². The summed E-state index contributed by atoms with van der Waals surface area (Å²) in [5.41, 5.74) is 8.57. The number of ether oxygens (including phenoxy) is 1. The van der Waals surface area contributed by atoms with E-state index in [9.17, 15) is 0 Å². The minimum atomic E-state index is -0.697. The van der Waals surface area contributed by atoms with Crippen molar-refractivity contribution in [3.05, 3.63) is 161 Å². The number of benzene rings is 5. The highest BCUT2D eigenvalue weighted by atomic mass is 31.1. The zero-order valence-electron chi connectivity index (χ0n) is 23.7. The summed E-state index contributed by atoms with van der Waals surface area (Å²) in [4.78, 5) is 5.19. The second-order valence-electron chi connectivity index (χ2n) is 11.8. The summed E-state index contributed by atoms with van der Waals surface area (Å²) in [6.07, 6.45) is 5.43. The molecule has 0 unspecified atom stereocenters. The van der Waals surface area contributed by atoms with Crippen LogP contribution in [0, 0.1) is 0 Å². The lowest BCUT2D eigenvalue weighted by molar-refractivity contribution is 0.316. The molecule has 0 saturated heterocycles. The van der Waals surface area contributed by atoms with E-state index < -0.39 is 7.92 Å². The summed E-state index contributed by atoms with van der Waals surface area (Å²) in [5, 5.41) is 4.33. The van der Waals surface area contributed by atoms with E-state index in [1.807, 2.05) is 0 Å². The fourth-order valence-corrected chi connectivity index (χ4v) is 10.3. The Morgan fingerprint density at radius 3 is 1.90 bits per heavy atom. The van der Waals surface area contributed by atoms with Crippen LogP contribution >= 0.6 is 7.92 Å². The minimum Gasteiger partial charge on any atom is -0.475 e. The molecule has 2 nitrogen and oxygen atoms in total. The molecule has 5 aromatic rings. The van der Waals surface area contributed by atoms with E-state index in [2.05, 4.69) is 127 Å². The SMILES string of the molecule is c1ccc(C[C@@H]2COC(c3cccc4c3[C@]3(CC4)CCc4cccc(P(c5ccccc5)c5ccccc5)c43)=N2)cc1. The summed E-state index contributed by atoms with van der Waals surface area (Å²) in [7, 11) is -0.697. The highest BCUT2D eigenvalue weighted by Gasteiger charge is 2.49. The molecule has 2 aliphatic carbocycles. The zero-order valence-corrected chi connectivity index (χ0v) is 24.6. The maximum atomic E-state index is 6.41. The van der Waals surface area contributed by atoms with Gasteiger partial charge in [-0.1, -0.05) is 121 Å². The summed E-state index contributed by atoms with van der Waals surface area (Å²) in [6.45, 7) is 0.649. The molecule has 206 valence electrons. The fraction of sp³-hybridized carbons (Fsp3) is 0.205. The largest absolute Gasteiger partial charge is 0.475 e. The first-order valence-electron chi connectivity index (χ1n) is 15.2. The Morgan fingerprint density at radius 2 is 1.24 bits per heavy atom. The van der Waals surface area contributed by atoms with Crippen molar-refractivity contribution in [1.29, 1.82) is 0 Å². The summed E-state index contributed by atoms with van der Waals surface area (Å²) < 4.78 is 6.41. The van der Waals surface area contributed by atoms with Crippen molar-refractivity contribution in [3.8, 4) is 0 Å². The first-order valence-corrected chi connectivity index (χ1v) is 16.5. The van der Waals surface area contributed by atoms with Gasteiger partial charge in [0.1, 0.15) is 6.61 Å². The summed E-state index contributed by atoms with van der Waals surface area (Å²) in [6, 6.07) is 47.1. The maximum absolute atomic E-state index is 6.41. The predicted molar refractivity (Wildman–Crippen MR) is 175 cm³/mol. The Morgan fingerprint density at radius 1 is 0.643 bits per heavy atom. The van der Waals surface area contributed by atoms with Crippen LogP contribution in [0.15, 0.2) is 132 Å². The van der Waals surface area contributed by atoms with Crippen LogP contribution in [0.25, 0.3) is 0 Å². The van der Waals surface area contributed by atoms with E-state index in [0.717, 1.165) is 38.0 Å². The molecule has 0 radical (unpaired) electrons. The molecule has 3 aliphatic rings. The van der Waals surface area contributed by atoms with Gasteiger partial charge in [-0.15, -0.1) is 0 Å². The Kier molecular flexibility index (Phi) is 6.53. The lowest BCUT2D eigenvalue weighted by Crippen LogP contribution is -2.32. The van der Waals surface area contributed by atoms with Crippen LogP contribution in [0.5, 0.6) is 0 Å². The first kappa shape index (κ1) is 25.7. The number of hydrogen-bond acceptors (Lipinski definition) is 2. The number of nitrogens with zero attached hydrogens (tertiary/aromatic N) is 1. The minimum absolute atomic E-state index is 0.00854. The van der Waals surface area contributed by atoms with Crippen molar-refractivity contribution in [2.24, 2.45) is 4.99 Å². The molecule has 0 bridgehead atoms. The molecule has 0 amide bonds. The Bertz CT molecular complexity index is 1720. The predicted octanol–water partition coefficient (Wildman–Crippen LogP) is 7.01. The normalized spacial score (nSPS) is 20.4. The van der Waals surface area contributed by atoms with Gasteiger partial charge < -0.3 is 4.74 Å². The molecule has 42 heavy (non-hydrogen) atoms. The van der Waals surface area contributed by atoms with Crippen LogP contribution in [0.4, 0.5) is 0 Å². The molecule has 0 fully saturated rings. The average Bonchev–Trinajstić information content (AvgIpc) is 3.78. The van der Waals surface area contributed by atoms with Gasteiger partial charge in [-0.2, -0.15) is 0 Å². The van der Waals surface area contributed by atoms with E-state index in [0.29, 0.717) is 6.61 Å². The molecule has 0 saturated carbocycles. The van der Waals surface area contributed by atoms with Gasteiger partial charge in [0.05, 0.1) is 6.04 Å². The molecule has 0 aromatic heterocycles. The standard InChI is InChI=1S/C39H34NOP/c1-4-12-28(13-5-1)26-31-27-41-38(40-31)34-20-10-14-29-22-24-39(36(29)34)25-23-30-15-11-21-35(37(30)39)42(32-16-6-2-7-17-32)33-18-8-3-9-19-33/h1-21,31H,22-27H2/t31-,39+/m1/s1. The van der Waals surface area contributed by atoms with E-state index in [4.69, 9.17) is 9.73 Å². The third-order valence-corrected chi connectivity index (χ3v) is 11.9. The molecule has 3 heteroatoms. The highest BCUT2D eigenvalue weighted by Crippen LogP contribution is 2.55. The van der Waals surface area contributed by atoms with Gasteiger partial charge in [-0.25, -0.2) is 4.99 Å². The second-order valence-corrected chi connectivity index (χ2v) is 14.0. The molecule has 5 aromatic carbocycles. The van der Waals surface area contributed by atoms with Gasteiger partial charge in [-0.3, -0.25) is 0 Å². The van der Waals surface area contributed by atoms with Crippen molar-refractivity contribution < 1.29 is 4.74 Å². The van der Waals surface area contributed by atoms with Crippen molar-refractivity contribution in [2.75, 3.05) is 6.61 Å². The van der Waals surface area contributed by atoms with Gasteiger partial charge in [0, 0.05) is 11.0 Å². The Hall–Kier alpha value is -4.00. The van der Waals surface area contributed by atoms with Gasteiger partial charge in [-0.05, 0) is 89.8 Å². The van der Waals surface area contributed by atoms with Crippen LogP contribution in [0.3, 0.4) is 0 Å². The third-order valence-electron chi connectivity index (χ3n) is 9.41. The fourth-order valence-electron chi connectivity index (χ4n) is 7.67. The lowest BCUT2D eigenvalue weighted by atomic mass is 9.74. The Balaban J connectivity index is 1.26. The summed E-state index contributed by atoms with van der Waals surface area (Å²) >= 11 is 0. The van der Waals surface area contributed by atoms with Crippen LogP contribution in [0.1, 0.15) is 46.2 Å². The van der Waals surface area contributed by atoms with Crippen LogP contribution < -0.4 is 15.9 Å². The summed E-state index contributed by atoms with van der Waals surface area (Å²) in [5.74, 6) is 0.841. The third kappa shape index (κ3) is 4.32. The number of aliphatic imine (C=N–C) groups is 1. The van der Waals surface area contributed by atoms with E-state index in [-0.39, 0.29) is 11.5 Å². The molecule has 1 heterocycles. The molecule has 8 rings (SSSR count). The molecule has 0 N–H and O–H groups in total. The van der Waals surface area contributed by atoms with E-state index in [1.54, 1.807) is 5.56 Å². The molecule has 2 atom stereocenters. The van der Waals surface area contributed by atoms with Gasteiger partial charge in [0.2, 0.25) is 5.90 Å². The monoisotopic (exact) mass is 563 g/mol. The van der Waals surface area contributed by atoms with Crippen molar-refractivity contribution >= 4 is 29.7 Å². The van der Waals surface area contributed by atoms with Crippen LogP contribution in [-0.4, -0.2) is 18.5 Å². The van der Waals surface area contributed by atoms with Gasteiger partial charge in [0.25, 0.3) is 0 Å². The molecular weight excluding hydrogens is 529 g/mol. The molecule has 1 spiro atoms. The molecule has 1 aliphatic heterocycles. The van der Waals surface area contributed by atoms with Crippen LogP contribution in [0.2, 0.25) is 0 Å². The quantitative estimate of drug-likeness (QED) is 0.204.